The summed E-state index contributed by atoms with van der Waals surface area (Å²) in [6.45, 7) is 0. The van der Waals surface area contributed by atoms with Gasteiger partial charge in [0.2, 0.25) is 0 Å². The maximum absolute atomic E-state index is 13.1. The Morgan fingerprint density at radius 1 is 1.03 bits per heavy atom. The highest BCUT2D eigenvalue weighted by Gasteiger charge is 2.25. The Balaban J connectivity index is 1.67. The predicted molar refractivity (Wildman–Crippen MR) is 122 cm³/mol. The molecule has 1 aromatic heterocycles. The number of anilines is 1. The number of thiophene rings is 1. The van der Waals surface area contributed by atoms with Crippen LogP contribution in [0.25, 0.3) is 0 Å². The molecule has 5 nitrogen and oxygen atoms in total. The molecule has 2 aromatic carbocycles. The molecule has 0 aliphatic heterocycles. The number of hydrogen-bond acceptors (Lipinski definition) is 5. The Bertz CT molecular complexity index is 1070. The van der Waals surface area contributed by atoms with Gasteiger partial charge in [-0.15, -0.1) is 11.3 Å². The van der Waals surface area contributed by atoms with Crippen LogP contribution in [0.5, 0.6) is 11.5 Å². The zero-order valence-corrected chi connectivity index (χ0v) is 17.9. The maximum atomic E-state index is 13.1. The van der Waals surface area contributed by atoms with Gasteiger partial charge in [-0.05, 0) is 67.1 Å². The van der Waals surface area contributed by atoms with Gasteiger partial charge in [-0.3, -0.25) is 4.79 Å². The number of methoxy groups -OCH3 is 2. The second-order valence-electron chi connectivity index (χ2n) is 7.08. The van der Waals surface area contributed by atoms with E-state index in [0.717, 1.165) is 47.5 Å². The van der Waals surface area contributed by atoms with Gasteiger partial charge in [0.25, 0.3) is 5.91 Å². The van der Waals surface area contributed by atoms with Crippen molar-refractivity contribution in [2.75, 3.05) is 19.5 Å². The minimum Gasteiger partial charge on any atom is -0.493 e. The van der Waals surface area contributed by atoms with Crippen molar-refractivity contribution >= 4 is 34.1 Å². The summed E-state index contributed by atoms with van der Waals surface area (Å²) in [6.07, 6.45) is 5.98. The van der Waals surface area contributed by atoms with Crippen molar-refractivity contribution in [1.29, 1.82) is 0 Å². The Hall–Kier alpha value is -3.12. The minimum atomic E-state index is -0.0972. The highest BCUT2D eigenvalue weighted by atomic mass is 32.1. The van der Waals surface area contributed by atoms with Crippen LogP contribution in [0.4, 0.5) is 10.7 Å². The van der Waals surface area contributed by atoms with E-state index in [-0.39, 0.29) is 5.91 Å². The lowest BCUT2D eigenvalue weighted by atomic mass is 9.95. The van der Waals surface area contributed by atoms with Crippen LogP contribution >= 0.6 is 11.3 Å². The lowest BCUT2D eigenvalue weighted by Gasteiger charge is -2.12. The van der Waals surface area contributed by atoms with Crippen molar-refractivity contribution in [2.45, 2.75) is 25.7 Å². The van der Waals surface area contributed by atoms with E-state index in [0.29, 0.717) is 17.1 Å². The molecule has 1 amide bonds. The number of hydrogen-bond donors (Lipinski definition) is 1. The number of amides is 1. The Morgan fingerprint density at radius 3 is 2.57 bits per heavy atom. The van der Waals surface area contributed by atoms with Crippen LogP contribution in [-0.4, -0.2) is 26.3 Å². The van der Waals surface area contributed by atoms with Crippen molar-refractivity contribution in [1.82, 2.24) is 0 Å². The van der Waals surface area contributed by atoms with E-state index in [1.54, 1.807) is 31.8 Å². The van der Waals surface area contributed by atoms with Gasteiger partial charge in [-0.25, -0.2) is 4.99 Å². The molecule has 4 rings (SSSR count). The summed E-state index contributed by atoms with van der Waals surface area (Å²) in [5, 5.41) is 3.78. The van der Waals surface area contributed by atoms with E-state index in [9.17, 15) is 4.79 Å². The van der Waals surface area contributed by atoms with Gasteiger partial charge in [0, 0.05) is 16.8 Å². The van der Waals surface area contributed by atoms with Gasteiger partial charge >= 0.3 is 0 Å². The van der Waals surface area contributed by atoms with Gasteiger partial charge < -0.3 is 14.8 Å². The molecule has 0 saturated carbocycles. The van der Waals surface area contributed by atoms with E-state index in [1.165, 1.54) is 4.88 Å². The SMILES string of the molecule is COc1ccc(C=Nc2sc3c(c2C(=O)Nc2ccccc2)CCCC3)cc1OC. The number of aryl methyl sites for hydroxylation is 1. The number of ether oxygens (including phenoxy) is 2. The van der Waals surface area contributed by atoms with Crippen molar-refractivity contribution in [3.05, 3.63) is 70.1 Å². The number of aliphatic imine (C=N–C) groups is 1. The third-order valence-corrected chi connectivity index (χ3v) is 6.35. The molecule has 1 aliphatic carbocycles. The van der Waals surface area contributed by atoms with E-state index >= 15 is 0 Å². The van der Waals surface area contributed by atoms with Gasteiger partial charge in [-0.2, -0.15) is 0 Å². The first-order valence-electron chi connectivity index (χ1n) is 9.96. The first kappa shape index (κ1) is 20.2. The molecular formula is C24H24N2O3S. The van der Waals surface area contributed by atoms with Crippen LogP contribution in [0.2, 0.25) is 0 Å². The fourth-order valence-corrected chi connectivity index (χ4v) is 4.89. The summed E-state index contributed by atoms with van der Waals surface area (Å²) in [5.41, 5.74) is 3.52. The average molecular weight is 421 g/mol. The summed E-state index contributed by atoms with van der Waals surface area (Å²) in [6, 6.07) is 15.2. The van der Waals surface area contributed by atoms with E-state index in [1.807, 2.05) is 48.5 Å². The standard InChI is InChI=1S/C24H24N2O3S/c1-28-19-13-12-16(14-20(19)29-2)15-25-24-22(18-10-6-7-11-21(18)30-24)23(27)26-17-8-4-3-5-9-17/h3-5,8-9,12-15H,6-7,10-11H2,1-2H3,(H,26,27). The van der Waals surface area contributed by atoms with Crippen LogP contribution in [-0.2, 0) is 12.8 Å². The first-order valence-corrected chi connectivity index (χ1v) is 10.8. The molecule has 1 N–H and O–H groups in total. The lowest BCUT2D eigenvalue weighted by Crippen LogP contribution is -2.14. The predicted octanol–water partition coefficient (Wildman–Crippen LogP) is 5.65. The minimum absolute atomic E-state index is 0.0972. The zero-order chi connectivity index (χ0) is 20.9. The van der Waals surface area contributed by atoms with E-state index in [4.69, 9.17) is 14.5 Å². The summed E-state index contributed by atoms with van der Waals surface area (Å²) in [4.78, 5) is 19.1. The third kappa shape index (κ3) is 4.24. The van der Waals surface area contributed by atoms with Crippen molar-refractivity contribution in [2.24, 2.45) is 4.99 Å². The normalized spacial score (nSPS) is 13.1. The van der Waals surface area contributed by atoms with Gasteiger partial charge in [0.15, 0.2) is 11.5 Å². The number of nitrogens with one attached hydrogen (secondary N) is 1. The fourth-order valence-electron chi connectivity index (χ4n) is 3.66. The molecule has 1 heterocycles. The van der Waals surface area contributed by atoms with Crippen LogP contribution in [0, 0.1) is 0 Å². The lowest BCUT2D eigenvalue weighted by molar-refractivity contribution is 0.102. The topological polar surface area (TPSA) is 59.9 Å². The molecule has 0 atom stereocenters. The largest absolute Gasteiger partial charge is 0.493 e. The average Bonchev–Trinajstić information content (AvgIpc) is 3.16. The van der Waals surface area contributed by atoms with Crippen LogP contribution in [0.1, 0.15) is 39.2 Å². The van der Waals surface area contributed by atoms with Gasteiger partial charge in [0.1, 0.15) is 5.00 Å². The highest BCUT2D eigenvalue weighted by Crippen LogP contribution is 2.40. The van der Waals surface area contributed by atoms with E-state index in [2.05, 4.69) is 5.32 Å². The number of fused-ring (bicyclic) bond motifs is 1. The Labute approximate surface area is 180 Å². The smallest absolute Gasteiger partial charge is 0.259 e. The monoisotopic (exact) mass is 420 g/mol. The van der Waals surface area contributed by atoms with Crippen molar-refractivity contribution in [3.63, 3.8) is 0 Å². The molecule has 0 bridgehead atoms. The quantitative estimate of drug-likeness (QED) is 0.525. The maximum Gasteiger partial charge on any atom is 0.259 e. The fraction of sp³-hybridized carbons (Fsp3) is 0.250. The first-order chi connectivity index (χ1) is 14.7. The Kier molecular flexibility index (Phi) is 6.14. The van der Waals surface area contributed by atoms with Gasteiger partial charge in [0.05, 0.1) is 19.8 Å². The molecule has 30 heavy (non-hydrogen) atoms. The number of benzene rings is 2. The van der Waals surface area contributed by atoms with Gasteiger partial charge in [-0.1, -0.05) is 18.2 Å². The summed E-state index contributed by atoms with van der Waals surface area (Å²) >= 11 is 1.62. The molecule has 154 valence electrons. The molecule has 3 aromatic rings. The zero-order valence-electron chi connectivity index (χ0n) is 17.1. The third-order valence-electron chi connectivity index (χ3n) is 5.15. The molecule has 0 spiro atoms. The van der Waals surface area contributed by atoms with Crippen LogP contribution in [0.3, 0.4) is 0 Å². The molecule has 0 fully saturated rings. The molecule has 0 unspecified atom stereocenters. The second kappa shape index (κ2) is 9.13. The molecule has 6 heteroatoms. The highest BCUT2D eigenvalue weighted by molar-refractivity contribution is 7.16. The summed E-state index contributed by atoms with van der Waals surface area (Å²) < 4.78 is 10.7. The molecule has 1 aliphatic rings. The number of carbonyl (C=O) groups excluding carboxylic acids is 1. The summed E-state index contributed by atoms with van der Waals surface area (Å²) in [5.74, 6) is 1.22. The number of para-hydroxylation sites is 1. The van der Waals surface area contributed by atoms with E-state index < -0.39 is 0 Å². The molecule has 0 radical (unpaired) electrons. The van der Waals surface area contributed by atoms with Crippen LogP contribution in [0.15, 0.2) is 53.5 Å². The molecule has 0 saturated heterocycles. The Morgan fingerprint density at radius 2 is 1.80 bits per heavy atom. The molecular weight excluding hydrogens is 396 g/mol. The number of carbonyl (C=O) groups is 1. The van der Waals surface area contributed by atoms with Crippen molar-refractivity contribution < 1.29 is 14.3 Å². The second-order valence-corrected chi connectivity index (χ2v) is 8.17. The van der Waals surface area contributed by atoms with Crippen molar-refractivity contribution in [3.8, 4) is 11.5 Å². The number of rotatable bonds is 6. The number of nitrogens with zero attached hydrogens (tertiary/aromatic N) is 1. The van der Waals surface area contributed by atoms with Crippen LogP contribution < -0.4 is 14.8 Å². The summed E-state index contributed by atoms with van der Waals surface area (Å²) in [7, 11) is 3.22.